The van der Waals surface area contributed by atoms with Crippen molar-refractivity contribution in [1.29, 1.82) is 0 Å². The third kappa shape index (κ3) is 5.54. The Morgan fingerprint density at radius 3 is 2.82 bits per heavy atom. The van der Waals surface area contributed by atoms with Gasteiger partial charge in [0.1, 0.15) is 12.4 Å². The summed E-state index contributed by atoms with van der Waals surface area (Å²) in [6, 6.07) is 5.57. The topological polar surface area (TPSA) is 124 Å². The Bertz CT molecular complexity index is 1370. The fraction of sp³-hybridized carbons (Fsp3) is 0.379. The minimum Gasteiger partial charge on any atom is -0.378 e. The Morgan fingerprint density at radius 2 is 2.03 bits per heavy atom. The van der Waals surface area contributed by atoms with E-state index in [1.807, 2.05) is 50.4 Å². The van der Waals surface area contributed by atoms with Crippen molar-refractivity contribution in [3.05, 3.63) is 83.1 Å². The van der Waals surface area contributed by atoms with Crippen molar-refractivity contribution in [1.82, 2.24) is 25.9 Å². The maximum atomic E-state index is 13.0. The Balaban J connectivity index is 1.21. The highest BCUT2D eigenvalue weighted by Crippen LogP contribution is 2.39. The number of aliphatic imine (C=N–C) groups is 1. The van der Waals surface area contributed by atoms with Gasteiger partial charge in [-0.15, -0.1) is 0 Å². The first kappa shape index (κ1) is 24.5. The molecular weight excluding hydrogens is 478 g/mol. The van der Waals surface area contributed by atoms with Crippen LogP contribution in [-0.2, 0) is 0 Å². The maximum Gasteiger partial charge on any atom is 0.255 e. The number of dihydropyridines is 1. The molecule has 0 spiro atoms. The SMILES string of the molecule is Cc1ncc(NC(=O)c2ccnc(C3CC3)c2)cc1C1=CC(C2=CC(NC(O)C3CC3)NC=C2)=NC(C)N1. The van der Waals surface area contributed by atoms with Crippen LogP contribution >= 0.6 is 0 Å². The van der Waals surface area contributed by atoms with Crippen LogP contribution in [0.4, 0.5) is 5.69 Å². The van der Waals surface area contributed by atoms with E-state index in [2.05, 4.69) is 31.2 Å². The molecule has 4 aliphatic rings. The maximum absolute atomic E-state index is 13.0. The van der Waals surface area contributed by atoms with Gasteiger partial charge in [-0.25, -0.2) is 0 Å². The van der Waals surface area contributed by atoms with E-state index in [1.54, 1.807) is 18.5 Å². The molecule has 0 aromatic carbocycles. The monoisotopic (exact) mass is 511 g/mol. The second-order valence-electron chi connectivity index (χ2n) is 10.5. The molecule has 4 heterocycles. The highest BCUT2D eigenvalue weighted by atomic mass is 16.3. The van der Waals surface area contributed by atoms with E-state index in [0.29, 0.717) is 23.1 Å². The Kier molecular flexibility index (Phi) is 6.55. The first-order valence-corrected chi connectivity index (χ1v) is 13.3. The van der Waals surface area contributed by atoms with Crippen molar-refractivity contribution in [2.75, 3.05) is 5.32 Å². The lowest BCUT2D eigenvalue weighted by Crippen LogP contribution is -2.46. The summed E-state index contributed by atoms with van der Waals surface area (Å²) in [5.41, 5.74) is 6.65. The number of rotatable bonds is 8. The number of pyridine rings is 2. The van der Waals surface area contributed by atoms with Crippen LogP contribution in [0.3, 0.4) is 0 Å². The smallest absolute Gasteiger partial charge is 0.255 e. The van der Waals surface area contributed by atoms with Crippen LogP contribution in [0.1, 0.15) is 65.8 Å². The van der Waals surface area contributed by atoms with E-state index in [0.717, 1.165) is 59.6 Å². The quantitative estimate of drug-likeness (QED) is 0.345. The molecule has 9 heteroatoms. The number of amides is 1. The van der Waals surface area contributed by atoms with E-state index in [-0.39, 0.29) is 18.2 Å². The summed E-state index contributed by atoms with van der Waals surface area (Å²) in [5.74, 6) is 0.644. The molecule has 9 nitrogen and oxygen atoms in total. The normalized spacial score (nSPS) is 23.4. The Morgan fingerprint density at radius 1 is 1.18 bits per heavy atom. The number of anilines is 1. The van der Waals surface area contributed by atoms with Crippen molar-refractivity contribution < 1.29 is 9.90 Å². The number of nitrogens with one attached hydrogen (secondary N) is 4. The number of hydrogen-bond acceptors (Lipinski definition) is 8. The lowest BCUT2D eigenvalue weighted by Gasteiger charge is -2.26. The van der Waals surface area contributed by atoms with E-state index in [1.165, 1.54) is 0 Å². The van der Waals surface area contributed by atoms with Crippen molar-refractivity contribution in [3.63, 3.8) is 0 Å². The van der Waals surface area contributed by atoms with Gasteiger partial charge in [0.15, 0.2) is 0 Å². The number of allylic oxidation sites excluding steroid dienone is 3. The zero-order chi connectivity index (χ0) is 26.2. The van der Waals surface area contributed by atoms with Crippen LogP contribution in [0.25, 0.3) is 5.70 Å². The van der Waals surface area contributed by atoms with Gasteiger partial charge in [-0.1, -0.05) is 0 Å². The summed E-state index contributed by atoms with van der Waals surface area (Å²) in [7, 11) is 0. The van der Waals surface area contributed by atoms with Crippen LogP contribution < -0.4 is 21.3 Å². The van der Waals surface area contributed by atoms with Gasteiger partial charge in [0.2, 0.25) is 0 Å². The van der Waals surface area contributed by atoms with Crippen molar-refractivity contribution in [2.45, 2.75) is 64.0 Å². The summed E-state index contributed by atoms with van der Waals surface area (Å²) in [5, 5.41) is 23.2. The third-order valence-corrected chi connectivity index (χ3v) is 7.25. The molecule has 2 aromatic heterocycles. The number of carbonyl (C=O) groups excluding carboxylic acids is 1. The lowest BCUT2D eigenvalue weighted by atomic mass is 10.0. The van der Waals surface area contributed by atoms with E-state index in [9.17, 15) is 9.90 Å². The van der Waals surface area contributed by atoms with Crippen molar-refractivity contribution in [3.8, 4) is 0 Å². The summed E-state index contributed by atoms with van der Waals surface area (Å²) < 4.78 is 0. The Labute approximate surface area is 222 Å². The molecule has 2 aromatic rings. The molecule has 3 unspecified atom stereocenters. The lowest BCUT2D eigenvalue weighted by molar-refractivity contribution is 0.102. The van der Waals surface area contributed by atoms with Crippen LogP contribution in [0, 0.1) is 12.8 Å². The molecule has 0 radical (unpaired) electrons. The second-order valence-corrected chi connectivity index (χ2v) is 10.5. The number of hydrogen-bond donors (Lipinski definition) is 5. The fourth-order valence-corrected chi connectivity index (χ4v) is 4.79. The highest BCUT2D eigenvalue weighted by molar-refractivity contribution is 6.14. The molecule has 5 N–H and O–H groups in total. The molecule has 2 saturated carbocycles. The van der Waals surface area contributed by atoms with Crippen LogP contribution in [0.15, 0.2) is 65.6 Å². The predicted molar refractivity (Wildman–Crippen MR) is 147 cm³/mol. The number of aliphatic hydroxyl groups is 1. The van der Waals surface area contributed by atoms with Gasteiger partial charge in [0.05, 0.1) is 23.8 Å². The van der Waals surface area contributed by atoms with Crippen LogP contribution in [0.2, 0.25) is 0 Å². The summed E-state index contributed by atoms with van der Waals surface area (Å²) in [6.45, 7) is 3.95. The third-order valence-electron chi connectivity index (χ3n) is 7.25. The second kappa shape index (κ2) is 10.2. The molecular formula is C29H33N7O2. The molecule has 2 fully saturated rings. The molecule has 0 saturated heterocycles. The van der Waals surface area contributed by atoms with E-state index >= 15 is 0 Å². The first-order valence-electron chi connectivity index (χ1n) is 13.3. The standard InChI is InChI=1S/C29H33N7O2/c1-16-23(13-22(15-32-16)35-29(38)21-8-9-30-24(11-21)18-3-4-18)26-14-25(33-17(2)34-26)20-7-10-31-27(12-20)36-28(37)19-5-6-19/h7-15,17-19,27-28,31,34,36-37H,3-6H2,1-2H3,(H,35,38). The number of aromatic nitrogens is 2. The minimum atomic E-state index is -0.518. The van der Waals surface area contributed by atoms with Crippen LogP contribution in [-0.4, -0.2) is 45.3 Å². The molecule has 0 bridgehead atoms. The Hall–Kier alpha value is -3.82. The first-order chi connectivity index (χ1) is 18.4. The molecule has 2 aliphatic heterocycles. The molecule has 3 atom stereocenters. The molecule has 2 aliphatic carbocycles. The molecule has 196 valence electrons. The molecule has 6 rings (SSSR count). The number of nitrogens with zero attached hydrogens (tertiary/aromatic N) is 3. The van der Waals surface area contributed by atoms with E-state index < -0.39 is 6.23 Å². The average molecular weight is 512 g/mol. The van der Waals surface area contributed by atoms with Crippen LogP contribution in [0.5, 0.6) is 0 Å². The molecule has 1 amide bonds. The minimum absolute atomic E-state index is 0.145. The molecule has 38 heavy (non-hydrogen) atoms. The summed E-state index contributed by atoms with van der Waals surface area (Å²) >= 11 is 0. The van der Waals surface area contributed by atoms with Crippen molar-refractivity contribution >= 4 is 23.0 Å². The highest BCUT2D eigenvalue weighted by Gasteiger charge is 2.31. The van der Waals surface area contributed by atoms with E-state index in [4.69, 9.17) is 4.99 Å². The van der Waals surface area contributed by atoms with Crippen molar-refractivity contribution in [2.24, 2.45) is 10.9 Å². The predicted octanol–water partition coefficient (Wildman–Crippen LogP) is 3.33. The summed E-state index contributed by atoms with van der Waals surface area (Å²) in [4.78, 5) is 26.8. The van der Waals surface area contributed by atoms with Gasteiger partial charge in [-0.3, -0.25) is 25.1 Å². The van der Waals surface area contributed by atoms with Gasteiger partial charge >= 0.3 is 0 Å². The van der Waals surface area contributed by atoms with Gasteiger partial charge < -0.3 is 21.1 Å². The fourth-order valence-electron chi connectivity index (χ4n) is 4.79. The van der Waals surface area contributed by atoms with Gasteiger partial charge in [0, 0.05) is 45.9 Å². The van der Waals surface area contributed by atoms with Gasteiger partial charge in [-0.2, -0.15) is 0 Å². The average Bonchev–Trinajstić information content (AvgIpc) is 3.83. The van der Waals surface area contributed by atoms with Gasteiger partial charge in [-0.05, 0) is 88.1 Å². The van der Waals surface area contributed by atoms with Gasteiger partial charge in [0.25, 0.3) is 5.91 Å². The zero-order valence-corrected chi connectivity index (χ0v) is 21.6. The summed E-state index contributed by atoms with van der Waals surface area (Å²) in [6.07, 6.45) is 14.9. The number of aliphatic hydroxyl groups excluding tert-OH is 1. The zero-order valence-electron chi connectivity index (χ0n) is 21.6. The largest absolute Gasteiger partial charge is 0.378 e. The number of aryl methyl sites for hydroxylation is 1. The number of carbonyl (C=O) groups is 1.